The SMILES string of the molecule is CN(Cc1ccc(F)cc1)C(=O)[C@@H](NC(=O)c1nc2ccc(N)cc2s1)c1ccccc1. The van der Waals surface area contributed by atoms with Crippen molar-refractivity contribution in [2.75, 3.05) is 12.8 Å². The molecule has 4 aromatic rings. The summed E-state index contributed by atoms with van der Waals surface area (Å²) < 4.78 is 14.0. The third-order valence-electron chi connectivity index (χ3n) is 4.97. The van der Waals surface area contributed by atoms with E-state index >= 15 is 0 Å². The van der Waals surface area contributed by atoms with Gasteiger partial charge < -0.3 is 16.0 Å². The van der Waals surface area contributed by atoms with Crippen molar-refractivity contribution in [2.24, 2.45) is 0 Å². The van der Waals surface area contributed by atoms with E-state index in [-0.39, 0.29) is 23.3 Å². The van der Waals surface area contributed by atoms with E-state index in [1.165, 1.54) is 28.4 Å². The number of nitrogen functional groups attached to an aromatic ring is 1. The number of carbonyl (C=O) groups excluding carboxylic acids is 2. The molecular weight excluding hydrogens is 427 g/mol. The molecule has 0 bridgehead atoms. The number of nitrogens with two attached hydrogens (primary N) is 1. The van der Waals surface area contributed by atoms with Crippen LogP contribution in [0.4, 0.5) is 10.1 Å². The number of hydrogen-bond acceptors (Lipinski definition) is 5. The lowest BCUT2D eigenvalue weighted by molar-refractivity contribution is -0.132. The molecule has 2 amide bonds. The Morgan fingerprint density at radius 2 is 1.81 bits per heavy atom. The lowest BCUT2D eigenvalue weighted by Crippen LogP contribution is -2.41. The third kappa shape index (κ3) is 4.76. The second-order valence-electron chi connectivity index (χ2n) is 7.38. The number of fused-ring (bicyclic) bond motifs is 1. The van der Waals surface area contributed by atoms with Gasteiger partial charge in [-0.2, -0.15) is 0 Å². The number of hydrogen-bond donors (Lipinski definition) is 2. The second kappa shape index (κ2) is 9.15. The van der Waals surface area contributed by atoms with Crippen molar-refractivity contribution in [2.45, 2.75) is 12.6 Å². The molecule has 0 saturated heterocycles. The average molecular weight is 449 g/mol. The zero-order valence-electron chi connectivity index (χ0n) is 17.3. The number of nitrogens with zero attached hydrogens (tertiary/aromatic N) is 2. The summed E-state index contributed by atoms with van der Waals surface area (Å²) in [6, 6.07) is 19.3. The normalized spacial score (nSPS) is 11.8. The van der Waals surface area contributed by atoms with Gasteiger partial charge in [-0.15, -0.1) is 11.3 Å². The molecule has 4 rings (SSSR count). The molecule has 0 aliphatic rings. The summed E-state index contributed by atoms with van der Waals surface area (Å²) in [4.78, 5) is 32.2. The van der Waals surface area contributed by atoms with Crippen molar-refractivity contribution < 1.29 is 14.0 Å². The summed E-state index contributed by atoms with van der Waals surface area (Å²) >= 11 is 1.22. The second-order valence-corrected chi connectivity index (χ2v) is 8.41. The fourth-order valence-electron chi connectivity index (χ4n) is 3.33. The highest BCUT2D eigenvalue weighted by Gasteiger charge is 2.27. The first-order valence-electron chi connectivity index (χ1n) is 9.92. The molecule has 0 spiro atoms. The Bertz CT molecular complexity index is 1260. The molecule has 1 atom stereocenters. The number of thiazole rings is 1. The molecule has 1 aromatic heterocycles. The van der Waals surface area contributed by atoms with Gasteiger partial charge in [0.1, 0.15) is 11.9 Å². The quantitative estimate of drug-likeness (QED) is 0.434. The van der Waals surface area contributed by atoms with Crippen LogP contribution in [0.5, 0.6) is 0 Å². The van der Waals surface area contributed by atoms with Gasteiger partial charge in [0, 0.05) is 19.3 Å². The standard InChI is InChI=1S/C24H21FN4O2S/c1-29(14-15-7-9-17(25)10-8-15)24(31)21(16-5-3-2-4-6-16)28-22(30)23-27-19-12-11-18(26)13-20(19)32-23/h2-13,21H,14,26H2,1H3,(H,28,30)/t21-/m0/s1. The van der Waals surface area contributed by atoms with Crippen molar-refractivity contribution >= 4 is 39.1 Å². The largest absolute Gasteiger partial charge is 0.399 e. The maximum absolute atomic E-state index is 13.3. The topological polar surface area (TPSA) is 88.3 Å². The van der Waals surface area contributed by atoms with Crippen LogP contribution >= 0.6 is 11.3 Å². The van der Waals surface area contributed by atoms with E-state index in [1.807, 2.05) is 18.2 Å². The Morgan fingerprint density at radius 1 is 1.09 bits per heavy atom. The molecule has 162 valence electrons. The number of carbonyl (C=O) groups is 2. The Morgan fingerprint density at radius 3 is 2.53 bits per heavy atom. The molecule has 8 heteroatoms. The zero-order valence-corrected chi connectivity index (χ0v) is 18.1. The maximum Gasteiger partial charge on any atom is 0.281 e. The van der Waals surface area contributed by atoms with Gasteiger partial charge in [0.15, 0.2) is 5.01 Å². The summed E-state index contributed by atoms with van der Waals surface area (Å²) in [5, 5.41) is 3.08. The highest BCUT2D eigenvalue weighted by atomic mass is 32.1. The fraction of sp³-hybridized carbons (Fsp3) is 0.125. The number of rotatable bonds is 6. The lowest BCUT2D eigenvalue weighted by atomic mass is 10.1. The van der Waals surface area contributed by atoms with E-state index in [2.05, 4.69) is 10.3 Å². The molecule has 0 radical (unpaired) electrons. The molecule has 1 heterocycles. The van der Waals surface area contributed by atoms with E-state index in [0.29, 0.717) is 16.8 Å². The minimum Gasteiger partial charge on any atom is -0.399 e. The van der Waals surface area contributed by atoms with E-state index in [1.54, 1.807) is 49.5 Å². The third-order valence-corrected chi connectivity index (χ3v) is 5.99. The minimum atomic E-state index is -0.897. The van der Waals surface area contributed by atoms with Gasteiger partial charge in [-0.25, -0.2) is 9.37 Å². The van der Waals surface area contributed by atoms with Crippen molar-refractivity contribution in [3.8, 4) is 0 Å². The summed E-state index contributed by atoms with van der Waals surface area (Å²) in [6.07, 6.45) is 0. The maximum atomic E-state index is 13.3. The van der Waals surface area contributed by atoms with E-state index in [9.17, 15) is 14.0 Å². The summed E-state index contributed by atoms with van der Waals surface area (Å²) in [6.45, 7) is 0.277. The molecule has 0 aliphatic carbocycles. The predicted molar refractivity (Wildman–Crippen MR) is 124 cm³/mol. The molecule has 0 unspecified atom stereocenters. The van der Waals surface area contributed by atoms with Gasteiger partial charge in [-0.3, -0.25) is 9.59 Å². The number of halogens is 1. The van der Waals surface area contributed by atoms with Crippen LogP contribution < -0.4 is 11.1 Å². The monoisotopic (exact) mass is 448 g/mol. The molecule has 3 aromatic carbocycles. The van der Waals surface area contributed by atoms with Crippen LogP contribution in [0.15, 0.2) is 72.8 Å². The first-order valence-corrected chi connectivity index (χ1v) is 10.7. The van der Waals surface area contributed by atoms with Crippen molar-refractivity contribution in [3.05, 3.63) is 94.7 Å². The molecule has 32 heavy (non-hydrogen) atoms. The van der Waals surface area contributed by atoms with Gasteiger partial charge in [0.2, 0.25) is 5.91 Å². The molecule has 0 aliphatic heterocycles. The van der Waals surface area contributed by atoms with Crippen LogP contribution in [0.25, 0.3) is 10.2 Å². The first kappa shape index (κ1) is 21.5. The van der Waals surface area contributed by atoms with Crippen LogP contribution in [-0.4, -0.2) is 28.7 Å². The van der Waals surface area contributed by atoms with Gasteiger partial charge in [0.05, 0.1) is 10.2 Å². The van der Waals surface area contributed by atoms with Gasteiger partial charge in [-0.05, 0) is 41.5 Å². The van der Waals surface area contributed by atoms with Crippen LogP contribution in [0.1, 0.15) is 27.0 Å². The minimum absolute atomic E-state index is 0.250. The molecule has 0 fully saturated rings. The Balaban J connectivity index is 1.57. The van der Waals surface area contributed by atoms with E-state index in [0.717, 1.165) is 10.3 Å². The van der Waals surface area contributed by atoms with Gasteiger partial charge in [0.25, 0.3) is 5.91 Å². The Kier molecular flexibility index (Phi) is 6.13. The van der Waals surface area contributed by atoms with E-state index in [4.69, 9.17) is 5.73 Å². The number of benzene rings is 3. The molecule has 3 N–H and O–H groups in total. The number of amides is 2. The van der Waals surface area contributed by atoms with E-state index < -0.39 is 11.9 Å². The number of likely N-dealkylation sites (N-methyl/N-ethyl adjacent to an activating group) is 1. The Labute approximate surface area is 188 Å². The summed E-state index contributed by atoms with van der Waals surface area (Å²) in [7, 11) is 1.65. The molecule has 0 saturated carbocycles. The highest BCUT2D eigenvalue weighted by Crippen LogP contribution is 2.25. The zero-order chi connectivity index (χ0) is 22.7. The number of aromatic nitrogens is 1. The highest BCUT2D eigenvalue weighted by molar-refractivity contribution is 7.20. The van der Waals surface area contributed by atoms with Gasteiger partial charge >= 0.3 is 0 Å². The average Bonchev–Trinajstić information content (AvgIpc) is 3.22. The lowest BCUT2D eigenvalue weighted by Gasteiger charge is -2.25. The predicted octanol–water partition coefficient (Wildman–Crippen LogP) is 4.15. The van der Waals surface area contributed by atoms with Crippen LogP contribution in [0.3, 0.4) is 0 Å². The molecular formula is C24H21FN4O2S. The number of nitrogens with one attached hydrogen (secondary N) is 1. The van der Waals surface area contributed by atoms with Crippen LogP contribution in [0, 0.1) is 5.82 Å². The summed E-state index contributed by atoms with van der Waals surface area (Å²) in [5.74, 6) is -1.07. The van der Waals surface area contributed by atoms with Gasteiger partial charge in [-0.1, -0.05) is 42.5 Å². The summed E-state index contributed by atoms with van der Waals surface area (Å²) in [5.41, 5.74) is 8.52. The van der Waals surface area contributed by atoms with Crippen molar-refractivity contribution in [3.63, 3.8) is 0 Å². The van der Waals surface area contributed by atoms with Crippen molar-refractivity contribution in [1.82, 2.24) is 15.2 Å². The van der Waals surface area contributed by atoms with Crippen LogP contribution in [-0.2, 0) is 11.3 Å². The fourth-order valence-corrected chi connectivity index (χ4v) is 4.24. The number of anilines is 1. The first-order chi connectivity index (χ1) is 15.4. The smallest absolute Gasteiger partial charge is 0.281 e. The Hall–Kier alpha value is -3.78. The molecule has 6 nitrogen and oxygen atoms in total. The van der Waals surface area contributed by atoms with Crippen LogP contribution in [0.2, 0.25) is 0 Å². The van der Waals surface area contributed by atoms with Crippen molar-refractivity contribution in [1.29, 1.82) is 0 Å².